The van der Waals surface area contributed by atoms with Crippen molar-refractivity contribution in [3.05, 3.63) is 29.8 Å². The van der Waals surface area contributed by atoms with Crippen LogP contribution in [0.25, 0.3) is 0 Å². The SMILES string of the molecule is CC(C)CNC(=O)N[C@@H](C(=O)N1CCc2ccccc21)C(C)C. The molecule has 0 fully saturated rings. The molecule has 0 aromatic heterocycles. The van der Waals surface area contributed by atoms with Crippen molar-refractivity contribution in [3.63, 3.8) is 0 Å². The number of para-hydroxylation sites is 1. The number of fused-ring (bicyclic) bond motifs is 1. The van der Waals surface area contributed by atoms with Gasteiger partial charge in [0, 0.05) is 18.8 Å². The predicted octanol–water partition coefficient (Wildman–Crippen LogP) is 2.56. The molecule has 2 N–H and O–H groups in total. The van der Waals surface area contributed by atoms with Crippen LogP contribution in [-0.2, 0) is 11.2 Å². The number of benzene rings is 1. The lowest BCUT2D eigenvalue weighted by Gasteiger charge is -2.27. The Balaban J connectivity index is 2.06. The van der Waals surface area contributed by atoms with Gasteiger partial charge in [-0.2, -0.15) is 0 Å². The van der Waals surface area contributed by atoms with Crippen LogP contribution in [0.2, 0.25) is 0 Å². The van der Waals surface area contributed by atoms with Crippen LogP contribution in [0.4, 0.5) is 10.5 Å². The first-order valence-electron chi connectivity index (χ1n) is 8.33. The van der Waals surface area contributed by atoms with Gasteiger partial charge in [-0.25, -0.2) is 4.79 Å². The lowest BCUT2D eigenvalue weighted by molar-refractivity contribution is -0.121. The highest BCUT2D eigenvalue weighted by Gasteiger charge is 2.32. The molecule has 2 rings (SSSR count). The maximum absolute atomic E-state index is 12.9. The Labute approximate surface area is 138 Å². The summed E-state index contributed by atoms with van der Waals surface area (Å²) in [6, 6.07) is 7.15. The van der Waals surface area contributed by atoms with Gasteiger partial charge in [0.15, 0.2) is 0 Å². The van der Waals surface area contributed by atoms with Crippen molar-refractivity contribution >= 4 is 17.6 Å². The minimum Gasteiger partial charge on any atom is -0.338 e. The molecule has 126 valence electrons. The largest absolute Gasteiger partial charge is 0.338 e. The zero-order valence-electron chi connectivity index (χ0n) is 14.4. The molecule has 1 aromatic rings. The number of amides is 3. The molecule has 0 bridgehead atoms. The Bertz CT molecular complexity index is 569. The lowest BCUT2D eigenvalue weighted by Crippen LogP contribution is -2.53. The van der Waals surface area contributed by atoms with E-state index < -0.39 is 6.04 Å². The van der Waals surface area contributed by atoms with Gasteiger partial charge in [0.2, 0.25) is 5.91 Å². The van der Waals surface area contributed by atoms with E-state index in [1.54, 1.807) is 4.90 Å². The van der Waals surface area contributed by atoms with E-state index in [1.807, 2.05) is 45.9 Å². The molecule has 3 amide bonds. The molecule has 1 atom stereocenters. The first kappa shape index (κ1) is 17.3. The highest BCUT2D eigenvalue weighted by atomic mass is 16.2. The van der Waals surface area contributed by atoms with Crippen LogP contribution in [0.5, 0.6) is 0 Å². The molecule has 0 aliphatic carbocycles. The highest BCUT2D eigenvalue weighted by Crippen LogP contribution is 2.28. The fourth-order valence-electron chi connectivity index (χ4n) is 2.74. The summed E-state index contributed by atoms with van der Waals surface area (Å²) in [5, 5.41) is 5.65. The molecule has 1 aromatic carbocycles. The van der Waals surface area contributed by atoms with Crippen LogP contribution in [0.15, 0.2) is 24.3 Å². The van der Waals surface area contributed by atoms with Gasteiger partial charge >= 0.3 is 6.03 Å². The summed E-state index contributed by atoms with van der Waals surface area (Å²) in [7, 11) is 0. The van der Waals surface area contributed by atoms with Crippen LogP contribution < -0.4 is 15.5 Å². The summed E-state index contributed by atoms with van der Waals surface area (Å²) in [6.45, 7) is 9.24. The van der Waals surface area contributed by atoms with E-state index in [0.717, 1.165) is 12.1 Å². The number of nitrogens with one attached hydrogen (secondary N) is 2. The number of carbonyl (C=O) groups excluding carboxylic acids is 2. The Morgan fingerprint density at radius 3 is 2.52 bits per heavy atom. The van der Waals surface area contributed by atoms with E-state index in [4.69, 9.17) is 0 Å². The topological polar surface area (TPSA) is 61.4 Å². The summed E-state index contributed by atoms with van der Waals surface area (Å²) < 4.78 is 0. The molecule has 0 spiro atoms. The molecule has 23 heavy (non-hydrogen) atoms. The summed E-state index contributed by atoms with van der Waals surface area (Å²) in [5.74, 6) is 0.365. The lowest BCUT2D eigenvalue weighted by atomic mass is 10.0. The molecule has 5 nitrogen and oxygen atoms in total. The Morgan fingerprint density at radius 2 is 1.87 bits per heavy atom. The molecule has 0 saturated heterocycles. The zero-order chi connectivity index (χ0) is 17.0. The van der Waals surface area contributed by atoms with Gasteiger partial charge in [-0.1, -0.05) is 45.9 Å². The second kappa shape index (κ2) is 7.49. The Kier molecular flexibility index (Phi) is 5.64. The third-order valence-corrected chi connectivity index (χ3v) is 4.04. The van der Waals surface area contributed by atoms with E-state index >= 15 is 0 Å². The molecule has 1 heterocycles. The van der Waals surface area contributed by atoms with Gasteiger partial charge in [-0.15, -0.1) is 0 Å². The number of rotatable bonds is 5. The van der Waals surface area contributed by atoms with Gasteiger partial charge in [-0.3, -0.25) is 4.79 Å². The third-order valence-electron chi connectivity index (χ3n) is 4.04. The van der Waals surface area contributed by atoms with Crippen molar-refractivity contribution < 1.29 is 9.59 Å². The van der Waals surface area contributed by atoms with Gasteiger partial charge in [0.1, 0.15) is 6.04 Å². The molecular formula is C18H27N3O2. The van der Waals surface area contributed by atoms with Crippen molar-refractivity contribution in [2.45, 2.75) is 40.2 Å². The van der Waals surface area contributed by atoms with Crippen LogP contribution in [0.1, 0.15) is 33.3 Å². The molecule has 1 aliphatic heterocycles. The van der Waals surface area contributed by atoms with Crippen molar-refractivity contribution in [2.24, 2.45) is 11.8 Å². The first-order valence-corrected chi connectivity index (χ1v) is 8.33. The maximum Gasteiger partial charge on any atom is 0.315 e. The molecule has 0 unspecified atom stereocenters. The number of hydrogen-bond donors (Lipinski definition) is 2. The summed E-state index contributed by atoms with van der Waals surface area (Å²) >= 11 is 0. The molecule has 5 heteroatoms. The number of anilines is 1. The predicted molar refractivity (Wildman–Crippen MR) is 92.5 cm³/mol. The average molecular weight is 317 g/mol. The molecule has 0 saturated carbocycles. The van der Waals surface area contributed by atoms with E-state index in [0.29, 0.717) is 19.0 Å². The smallest absolute Gasteiger partial charge is 0.315 e. The average Bonchev–Trinajstić information content (AvgIpc) is 2.93. The number of carbonyl (C=O) groups is 2. The van der Waals surface area contributed by atoms with E-state index in [1.165, 1.54) is 5.56 Å². The van der Waals surface area contributed by atoms with Crippen molar-refractivity contribution in [1.82, 2.24) is 10.6 Å². The monoisotopic (exact) mass is 317 g/mol. The first-order chi connectivity index (χ1) is 10.9. The van der Waals surface area contributed by atoms with Crippen molar-refractivity contribution in [1.29, 1.82) is 0 Å². The molecule has 1 aliphatic rings. The standard InChI is InChI=1S/C18H27N3O2/c1-12(2)11-19-18(23)20-16(13(3)4)17(22)21-10-9-14-7-5-6-8-15(14)21/h5-8,12-13,16H,9-11H2,1-4H3,(H2,19,20,23)/t16-/m1/s1. The van der Waals surface area contributed by atoms with Gasteiger partial charge < -0.3 is 15.5 Å². The maximum atomic E-state index is 12.9. The normalized spacial score (nSPS) is 14.8. The van der Waals surface area contributed by atoms with Gasteiger partial charge in [0.05, 0.1) is 0 Å². The van der Waals surface area contributed by atoms with E-state index in [9.17, 15) is 9.59 Å². The van der Waals surface area contributed by atoms with Crippen LogP contribution in [0, 0.1) is 11.8 Å². The van der Waals surface area contributed by atoms with Crippen molar-refractivity contribution in [2.75, 3.05) is 18.0 Å². The minimum absolute atomic E-state index is 0.0278. The summed E-state index contributed by atoms with van der Waals surface area (Å²) in [6.07, 6.45) is 0.867. The third kappa shape index (κ3) is 4.24. The number of nitrogens with zero attached hydrogens (tertiary/aromatic N) is 1. The van der Waals surface area contributed by atoms with Gasteiger partial charge in [0.25, 0.3) is 0 Å². The van der Waals surface area contributed by atoms with E-state index in [2.05, 4.69) is 16.7 Å². The Morgan fingerprint density at radius 1 is 1.17 bits per heavy atom. The van der Waals surface area contributed by atoms with Crippen LogP contribution in [0.3, 0.4) is 0 Å². The van der Waals surface area contributed by atoms with Crippen LogP contribution >= 0.6 is 0 Å². The summed E-state index contributed by atoms with van der Waals surface area (Å²) in [4.78, 5) is 26.7. The van der Waals surface area contributed by atoms with Crippen molar-refractivity contribution in [3.8, 4) is 0 Å². The fraction of sp³-hybridized carbons (Fsp3) is 0.556. The van der Waals surface area contributed by atoms with Crippen LogP contribution in [-0.4, -0.2) is 31.1 Å². The highest BCUT2D eigenvalue weighted by molar-refractivity contribution is 6.00. The second-order valence-electron chi connectivity index (χ2n) is 6.84. The molecule has 0 radical (unpaired) electrons. The second-order valence-corrected chi connectivity index (χ2v) is 6.84. The zero-order valence-corrected chi connectivity index (χ0v) is 14.4. The summed E-state index contributed by atoms with van der Waals surface area (Å²) in [5.41, 5.74) is 2.15. The number of hydrogen-bond acceptors (Lipinski definition) is 2. The molecular weight excluding hydrogens is 290 g/mol. The quantitative estimate of drug-likeness (QED) is 0.877. The van der Waals surface area contributed by atoms with E-state index in [-0.39, 0.29) is 17.9 Å². The Hall–Kier alpha value is -2.04. The number of urea groups is 1. The van der Waals surface area contributed by atoms with Gasteiger partial charge in [-0.05, 0) is 29.9 Å². The minimum atomic E-state index is -0.520. The fourth-order valence-corrected chi connectivity index (χ4v) is 2.74.